The van der Waals surface area contributed by atoms with Crippen LogP contribution in [0.25, 0.3) is 17.1 Å². The monoisotopic (exact) mass is 436 g/mol. The van der Waals surface area contributed by atoms with Gasteiger partial charge in [0.25, 0.3) is 0 Å². The van der Waals surface area contributed by atoms with Crippen molar-refractivity contribution in [2.45, 2.75) is 11.7 Å². The second kappa shape index (κ2) is 9.13. The number of amides is 1. The van der Waals surface area contributed by atoms with Gasteiger partial charge in [-0.3, -0.25) is 14.0 Å². The lowest BCUT2D eigenvalue weighted by atomic mass is 10.2. The van der Waals surface area contributed by atoms with Gasteiger partial charge >= 0.3 is 0 Å². The lowest BCUT2D eigenvalue weighted by Gasteiger charge is -2.16. The summed E-state index contributed by atoms with van der Waals surface area (Å²) in [5.74, 6) is 0.140. The molecule has 2 heterocycles. The number of carbonyl (C=O) groups excluding carboxylic acids is 1. The van der Waals surface area contributed by atoms with Crippen molar-refractivity contribution >= 4 is 17.7 Å². The fourth-order valence-electron chi connectivity index (χ4n) is 3.14. The second-order valence-electron chi connectivity index (χ2n) is 7.02. The summed E-state index contributed by atoms with van der Waals surface area (Å²) in [6, 6.07) is 15.9. The van der Waals surface area contributed by atoms with E-state index in [1.54, 1.807) is 45.6 Å². The molecular weight excluding hydrogens is 415 g/mol. The normalized spacial score (nSPS) is 10.9. The van der Waals surface area contributed by atoms with Gasteiger partial charge in [0.15, 0.2) is 11.0 Å². The Balaban J connectivity index is 1.57. The van der Waals surface area contributed by atoms with Gasteiger partial charge < -0.3 is 4.90 Å². The van der Waals surface area contributed by atoms with Crippen LogP contribution in [-0.4, -0.2) is 48.2 Å². The highest BCUT2D eigenvalue weighted by Crippen LogP contribution is 2.29. The van der Waals surface area contributed by atoms with Gasteiger partial charge in [0, 0.05) is 38.1 Å². The van der Waals surface area contributed by atoms with E-state index < -0.39 is 0 Å². The lowest BCUT2D eigenvalue weighted by molar-refractivity contribution is -0.127. The van der Waals surface area contributed by atoms with Crippen molar-refractivity contribution in [3.05, 3.63) is 78.4 Å². The van der Waals surface area contributed by atoms with Gasteiger partial charge in [0.1, 0.15) is 5.82 Å². The van der Waals surface area contributed by atoms with Crippen LogP contribution in [0.3, 0.4) is 0 Å². The van der Waals surface area contributed by atoms with Crippen LogP contribution in [0, 0.1) is 5.82 Å². The summed E-state index contributed by atoms with van der Waals surface area (Å²) in [5, 5.41) is 13.1. The molecule has 31 heavy (non-hydrogen) atoms. The van der Waals surface area contributed by atoms with Gasteiger partial charge in [-0.15, -0.1) is 10.2 Å². The van der Waals surface area contributed by atoms with Gasteiger partial charge in [-0.05, 0) is 24.3 Å². The molecule has 0 fully saturated rings. The molecule has 0 bridgehead atoms. The summed E-state index contributed by atoms with van der Waals surface area (Å²) in [6.45, 7) is 0.471. The van der Waals surface area contributed by atoms with Crippen LogP contribution in [-0.2, 0) is 18.4 Å². The predicted molar refractivity (Wildman–Crippen MR) is 117 cm³/mol. The number of nitrogens with zero attached hydrogens (tertiary/aromatic N) is 6. The molecule has 0 atom stereocenters. The van der Waals surface area contributed by atoms with Crippen LogP contribution in [0.4, 0.5) is 4.39 Å². The molecule has 9 heteroatoms. The Morgan fingerprint density at radius 2 is 1.84 bits per heavy atom. The molecule has 1 amide bonds. The molecule has 4 rings (SSSR count). The van der Waals surface area contributed by atoms with Crippen LogP contribution in [0.1, 0.15) is 5.56 Å². The molecule has 0 unspecified atom stereocenters. The highest BCUT2D eigenvalue weighted by molar-refractivity contribution is 7.99. The molecule has 0 aliphatic rings. The maximum atomic E-state index is 14.5. The van der Waals surface area contributed by atoms with E-state index in [1.807, 2.05) is 43.6 Å². The minimum absolute atomic E-state index is 0.0519. The summed E-state index contributed by atoms with van der Waals surface area (Å²) in [6.07, 6.45) is 3.62. The highest BCUT2D eigenvalue weighted by Gasteiger charge is 2.20. The van der Waals surface area contributed by atoms with Gasteiger partial charge in [-0.25, -0.2) is 4.39 Å². The number of halogens is 1. The highest BCUT2D eigenvalue weighted by atomic mass is 32.2. The van der Waals surface area contributed by atoms with Crippen LogP contribution in [0.15, 0.2) is 72.1 Å². The molecule has 0 N–H and O–H groups in total. The molecule has 2 aromatic carbocycles. The molecule has 158 valence electrons. The average molecular weight is 437 g/mol. The molecule has 0 saturated carbocycles. The van der Waals surface area contributed by atoms with E-state index in [4.69, 9.17) is 0 Å². The fourth-order valence-corrected chi connectivity index (χ4v) is 4.03. The maximum Gasteiger partial charge on any atom is 0.233 e. The molecule has 2 aromatic heterocycles. The lowest BCUT2D eigenvalue weighted by Crippen LogP contribution is -2.27. The molecule has 0 spiro atoms. The Morgan fingerprint density at radius 3 is 2.55 bits per heavy atom. The zero-order valence-electron chi connectivity index (χ0n) is 17.1. The van der Waals surface area contributed by atoms with Crippen LogP contribution >= 0.6 is 11.8 Å². The smallest absolute Gasteiger partial charge is 0.233 e. The number of aromatic nitrogens is 5. The summed E-state index contributed by atoms with van der Waals surface area (Å²) in [7, 11) is 3.59. The van der Waals surface area contributed by atoms with Crippen molar-refractivity contribution in [1.29, 1.82) is 0 Å². The van der Waals surface area contributed by atoms with Gasteiger partial charge in [0.05, 0.1) is 17.5 Å². The van der Waals surface area contributed by atoms with E-state index >= 15 is 0 Å². The van der Waals surface area contributed by atoms with Crippen LogP contribution in [0.2, 0.25) is 0 Å². The molecule has 0 radical (unpaired) electrons. The number of thioether (sulfide) groups is 1. The van der Waals surface area contributed by atoms with Gasteiger partial charge in [-0.2, -0.15) is 5.10 Å². The largest absolute Gasteiger partial charge is 0.341 e. The van der Waals surface area contributed by atoms with Crippen molar-refractivity contribution in [2.24, 2.45) is 7.05 Å². The minimum Gasteiger partial charge on any atom is -0.341 e. The minimum atomic E-state index is -0.379. The first kappa shape index (κ1) is 20.8. The third-order valence-corrected chi connectivity index (χ3v) is 5.60. The number of para-hydroxylation sites is 1. The predicted octanol–water partition coefficient (Wildman–Crippen LogP) is 3.56. The Labute approximate surface area is 183 Å². The summed E-state index contributed by atoms with van der Waals surface area (Å²) in [5.41, 5.74) is 2.10. The van der Waals surface area contributed by atoms with Crippen molar-refractivity contribution in [3.8, 4) is 17.1 Å². The Kier molecular flexibility index (Phi) is 6.13. The molecule has 0 aliphatic carbocycles. The molecule has 7 nitrogen and oxygen atoms in total. The molecule has 4 aromatic rings. The zero-order valence-corrected chi connectivity index (χ0v) is 18.0. The summed E-state index contributed by atoms with van der Waals surface area (Å²) < 4.78 is 17.9. The topological polar surface area (TPSA) is 68.8 Å². The van der Waals surface area contributed by atoms with Gasteiger partial charge in [0.2, 0.25) is 5.91 Å². The van der Waals surface area contributed by atoms with Crippen molar-refractivity contribution in [2.75, 3.05) is 12.8 Å². The van der Waals surface area contributed by atoms with E-state index in [9.17, 15) is 9.18 Å². The van der Waals surface area contributed by atoms with Crippen LogP contribution in [0.5, 0.6) is 0 Å². The molecular formula is C22H21FN6OS. The number of carbonyl (C=O) groups is 1. The molecule has 0 aliphatic heterocycles. The van der Waals surface area contributed by atoms with E-state index in [-0.39, 0.29) is 17.5 Å². The quantitative estimate of drug-likeness (QED) is 0.415. The Bertz CT molecular complexity index is 1190. The second-order valence-corrected chi connectivity index (χ2v) is 7.96. The summed E-state index contributed by atoms with van der Waals surface area (Å²) in [4.78, 5) is 14.3. The van der Waals surface area contributed by atoms with Crippen molar-refractivity contribution in [3.63, 3.8) is 0 Å². The first-order chi connectivity index (χ1) is 15.0. The number of hydrogen-bond acceptors (Lipinski definition) is 5. The van der Waals surface area contributed by atoms with E-state index in [0.717, 1.165) is 11.3 Å². The Hall–Kier alpha value is -3.46. The SMILES string of the molecule is CN(Cc1cnn(C)c1)C(=O)CSc1nnc(-c2ccccc2F)n1-c1ccccc1. The third kappa shape index (κ3) is 4.66. The zero-order chi connectivity index (χ0) is 21.8. The third-order valence-electron chi connectivity index (χ3n) is 4.69. The van der Waals surface area contributed by atoms with Crippen molar-refractivity contribution in [1.82, 2.24) is 29.4 Å². The maximum absolute atomic E-state index is 14.5. The number of benzene rings is 2. The van der Waals surface area contributed by atoms with E-state index in [2.05, 4.69) is 15.3 Å². The van der Waals surface area contributed by atoms with Crippen molar-refractivity contribution < 1.29 is 9.18 Å². The first-order valence-corrected chi connectivity index (χ1v) is 10.6. The first-order valence-electron chi connectivity index (χ1n) is 9.63. The Morgan fingerprint density at radius 1 is 1.10 bits per heavy atom. The number of aryl methyl sites for hydroxylation is 1. The van der Waals surface area contributed by atoms with Crippen LogP contribution < -0.4 is 0 Å². The average Bonchev–Trinajstić information content (AvgIpc) is 3.38. The number of hydrogen-bond donors (Lipinski definition) is 0. The van der Waals surface area contributed by atoms with E-state index in [1.165, 1.54) is 17.8 Å². The standard InChI is InChI=1S/C22H21FN6OS/c1-27(13-16-12-24-28(2)14-16)20(30)15-31-22-26-25-21(18-10-6-7-11-19(18)23)29(22)17-8-4-3-5-9-17/h3-12,14H,13,15H2,1-2H3. The van der Waals surface area contributed by atoms with E-state index in [0.29, 0.717) is 23.1 Å². The fraction of sp³-hybridized carbons (Fsp3) is 0.182. The molecule has 0 saturated heterocycles. The number of rotatable bonds is 7. The summed E-state index contributed by atoms with van der Waals surface area (Å²) >= 11 is 1.27. The van der Waals surface area contributed by atoms with Gasteiger partial charge in [-0.1, -0.05) is 42.1 Å².